The Hall–Kier alpha value is -2.82. The van der Waals surface area contributed by atoms with E-state index in [4.69, 9.17) is 32.7 Å². The summed E-state index contributed by atoms with van der Waals surface area (Å²) in [5, 5.41) is 0.268. The molecule has 2 heterocycles. The average molecular weight is 577 g/mol. The number of rotatable bonds is 8. The monoisotopic (exact) mass is 575 g/mol. The van der Waals surface area contributed by atoms with Gasteiger partial charge < -0.3 is 14.4 Å². The van der Waals surface area contributed by atoms with Crippen molar-refractivity contribution in [1.29, 1.82) is 0 Å². The fraction of sp³-hybridized carbons (Fsp3) is 0.296. The van der Waals surface area contributed by atoms with Gasteiger partial charge in [0.25, 0.3) is 0 Å². The standard InChI is InChI=1S/C27H27Cl2N3O5S/c28-21-7-8-22(29)26(16-21)38(34,35)30-23(14-19-4-2-1-3-5-19)27(33)32-12-10-31(11-13-32)17-20-6-9-24-25(15-20)37-18-36-24/h1-9,15-16,23,30H,10-14,17-18H2/t23-/m1/s1. The molecule has 0 spiro atoms. The number of sulfonamides is 1. The van der Waals surface area contributed by atoms with Crippen molar-refractivity contribution < 1.29 is 22.7 Å². The first kappa shape index (κ1) is 26.8. The van der Waals surface area contributed by atoms with Crippen LogP contribution in [-0.4, -0.2) is 63.1 Å². The van der Waals surface area contributed by atoms with Crippen LogP contribution in [0.25, 0.3) is 0 Å². The summed E-state index contributed by atoms with van der Waals surface area (Å²) in [6.45, 7) is 3.22. The minimum Gasteiger partial charge on any atom is -0.454 e. The van der Waals surface area contributed by atoms with Gasteiger partial charge in [0.1, 0.15) is 10.9 Å². The van der Waals surface area contributed by atoms with Crippen molar-refractivity contribution in [3.63, 3.8) is 0 Å². The summed E-state index contributed by atoms with van der Waals surface area (Å²) in [6.07, 6.45) is 0.203. The smallest absolute Gasteiger partial charge is 0.242 e. The third-order valence-electron chi connectivity index (χ3n) is 6.59. The molecule has 38 heavy (non-hydrogen) atoms. The number of fused-ring (bicyclic) bond motifs is 1. The number of ether oxygens (including phenoxy) is 2. The molecular weight excluding hydrogens is 549 g/mol. The largest absolute Gasteiger partial charge is 0.454 e. The highest BCUT2D eigenvalue weighted by molar-refractivity contribution is 7.89. The molecule has 1 fully saturated rings. The summed E-state index contributed by atoms with van der Waals surface area (Å²) in [7, 11) is -4.12. The number of carbonyl (C=O) groups excluding carboxylic acids is 1. The average Bonchev–Trinajstić information content (AvgIpc) is 3.38. The zero-order valence-corrected chi connectivity index (χ0v) is 22.8. The van der Waals surface area contributed by atoms with E-state index in [2.05, 4.69) is 9.62 Å². The lowest BCUT2D eigenvalue weighted by Gasteiger charge is -2.36. The Morgan fingerprint density at radius 2 is 1.63 bits per heavy atom. The Morgan fingerprint density at radius 1 is 0.895 bits per heavy atom. The molecular formula is C27H27Cl2N3O5S. The van der Waals surface area contributed by atoms with E-state index in [1.54, 1.807) is 4.90 Å². The van der Waals surface area contributed by atoms with Crippen LogP contribution in [0.2, 0.25) is 10.0 Å². The first-order valence-corrected chi connectivity index (χ1v) is 14.4. The molecule has 2 aliphatic heterocycles. The van der Waals surface area contributed by atoms with Crippen LogP contribution < -0.4 is 14.2 Å². The summed E-state index contributed by atoms with van der Waals surface area (Å²) in [5.74, 6) is 1.21. The summed E-state index contributed by atoms with van der Waals surface area (Å²) in [6, 6.07) is 18.4. The van der Waals surface area contributed by atoms with Crippen LogP contribution in [0.3, 0.4) is 0 Å². The number of benzene rings is 3. The molecule has 0 saturated carbocycles. The summed E-state index contributed by atoms with van der Waals surface area (Å²) >= 11 is 12.2. The third-order valence-corrected chi connectivity index (χ3v) is 8.78. The fourth-order valence-electron chi connectivity index (χ4n) is 4.61. The van der Waals surface area contributed by atoms with E-state index in [1.807, 2.05) is 48.5 Å². The predicted molar refractivity (Wildman–Crippen MR) is 145 cm³/mol. The Morgan fingerprint density at radius 3 is 2.39 bits per heavy atom. The first-order valence-electron chi connectivity index (χ1n) is 12.2. The van der Waals surface area contributed by atoms with E-state index < -0.39 is 16.1 Å². The minimum atomic E-state index is -4.12. The molecule has 0 aromatic heterocycles. The van der Waals surface area contributed by atoms with E-state index in [9.17, 15) is 13.2 Å². The zero-order valence-electron chi connectivity index (χ0n) is 20.5. The second-order valence-electron chi connectivity index (χ2n) is 9.23. The number of hydrogen-bond donors (Lipinski definition) is 1. The maximum atomic E-state index is 13.6. The van der Waals surface area contributed by atoms with Crippen molar-refractivity contribution >= 4 is 39.1 Å². The van der Waals surface area contributed by atoms with Gasteiger partial charge in [0.2, 0.25) is 22.7 Å². The number of amides is 1. The van der Waals surface area contributed by atoms with Gasteiger partial charge in [-0.1, -0.05) is 59.6 Å². The number of piperazine rings is 1. The van der Waals surface area contributed by atoms with Gasteiger partial charge in [-0.25, -0.2) is 8.42 Å². The number of nitrogens with one attached hydrogen (secondary N) is 1. The number of halogens is 2. The van der Waals surface area contributed by atoms with Crippen molar-refractivity contribution in [2.75, 3.05) is 33.0 Å². The molecule has 200 valence electrons. The van der Waals surface area contributed by atoms with E-state index in [1.165, 1.54) is 18.2 Å². The van der Waals surface area contributed by atoms with Gasteiger partial charge in [0.15, 0.2) is 11.5 Å². The van der Waals surface area contributed by atoms with Crippen LogP contribution in [0.15, 0.2) is 71.6 Å². The highest BCUT2D eigenvalue weighted by Crippen LogP contribution is 2.33. The lowest BCUT2D eigenvalue weighted by atomic mass is 10.1. The molecule has 3 aromatic carbocycles. The molecule has 1 atom stereocenters. The number of nitrogens with zero attached hydrogens (tertiary/aromatic N) is 2. The Labute approximate surface area is 232 Å². The summed E-state index contributed by atoms with van der Waals surface area (Å²) in [5.41, 5.74) is 1.94. The molecule has 0 bridgehead atoms. The van der Waals surface area contributed by atoms with E-state index in [-0.39, 0.29) is 34.1 Å². The molecule has 2 aliphatic rings. The maximum absolute atomic E-state index is 13.6. The van der Waals surface area contributed by atoms with Gasteiger partial charge in [-0.2, -0.15) is 4.72 Å². The Balaban J connectivity index is 1.28. The molecule has 0 radical (unpaired) electrons. The molecule has 0 unspecified atom stereocenters. The lowest BCUT2D eigenvalue weighted by molar-refractivity contribution is -0.134. The van der Waals surface area contributed by atoms with Gasteiger partial charge in [-0.05, 0) is 47.9 Å². The van der Waals surface area contributed by atoms with Gasteiger partial charge in [0.05, 0.1) is 5.02 Å². The lowest BCUT2D eigenvalue weighted by Crippen LogP contribution is -2.55. The summed E-state index contributed by atoms with van der Waals surface area (Å²) < 4.78 is 40.0. The first-order chi connectivity index (χ1) is 18.3. The van der Waals surface area contributed by atoms with Crippen molar-refractivity contribution in [2.24, 2.45) is 0 Å². The summed E-state index contributed by atoms with van der Waals surface area (Å²) in [4.78, 5) is 17.5. The molecule has 1 amide bonds. The van der Waals surface area contributed by atoms with Crippen molar-refractivity contribution in [1.82, 2.24) is 14.5 Å². The van der Waals surface area contributed by atoms with E-state index in [0.717, 1.165) is 22.6 Å². The van der Waals surface area contributed by atoms with Crippen molar-refractivity contribution in [2.45, 2.75) is 23.9 Å². The molecule has 1 N–H and O–H groups in total. The van der Waals surface area contributed by atoms with Crippen molar-refractivity contribution in [3.05, 3.63) is 87.9 Å². The zero-order chi connectivity index (χ0) is 26.7. The molecule has 5 rings (SSSR count). The Kier molecular flexibility index (Phi) is 8.11. The number of hydrogen-bond acceptors (Lipinski definition) is 6. The van der Waals surface area contributed by atoms with Crippen LogP contribution in [0.5, 0.6) is 11.5 Å². The van der Waals surface area contributed by atoms with Crippen LogP contribution in [0, 0.1) is 0 Å². The topological polar surface area (TPSA) is 88.2 Å². The molecule has 11 heteroatoms. The third kappa shape index (κ3) is 6.24. The molecule has 8 nitrogen and oxygen atoms in total. The highest BCUT2D eigenvalue weighted by Gasteiger charge is 2.32. The predicted octanol–water partition coefficient (Wildman–Crippen LogP) is 3.96. The second kappa shape index (κ2) is 11.5. The van der Waals surface area contributed by atoms with Crippen molar-refractivity contribution in [3.8, 4) is 11.5 Å². The number of carbonyl (C=O) groups is 1. The van der Waals surface area contributed by atoms with Gasteiger partial charge in [-0.3, -0.25) is 9.69 Å². The highest BCUT2D eigenvalue weighted by atomic mass is 35.5. The van der Waals surface area contributed by atoms with Gasteiger partial charge in [-0.15, -0.1) is 0 Å². The van der Waals surface area contributed by atoms with Crippen LogP contribution >= 0.6 is 23.2 Å². The molecule has 1 saturated heterocycles. The quantitative estimate of drug-likeness (QED) is 0.437. The van der Waals surface area contributed by atoms with Gasteiger partial charge >= 0.3 is 0 Å². The molecule has 0 aliphatic carbocycles. The molecule has 3 aromatic rings. The van der Waals surface area contributed by atoms with Gasteiger partial charge in [0, 0.05) is 37.7 Å². The second-order valence-corrected chi connectivity index (χ2v) is 11.8. The fourth-order valence-corrected chi connectivity index (χ4v) is 6.56. The van der Waals surface area contributed by atoms with Crippen LogP contribution in [0.4, 0.5) is 0 Å². The SMILES string of the molecule is O=C([C@@H](Cc1ccccc1)NS(=O)(=O)c1cc(Cl)ccc1Cl)N1CCN(Cc2ccc3c(c2)OCO3)CC1. The van der Waals surface area contributed by atoms with Crippen LogP contribution in [-0.2, 0) is 27.8 Å². The minimum absolute atomic E-state index is 0.0324. The van der Waals surface area contributed by atoms with E-state index >= 15 is 0 Å². The van der Waals surface area contributed by atoms with Crippen LogP contribution in [0.1, 0.15) is 11.1 Å². The maximum Gasteiger partial charge on any atom is 0.242 e. The Bertz CT molecular complexity index is 1410. The van der Waals surface area contributed by atoms with E-state index in [0.29, 0.717) is 32.7 Å². The normalized spacial score (nSPS) is 16.4.